The highest BCUT2D eigenvalue weighted by Gasteiger charge is 2.40. The summed E-state index contributed by atoms with van der Waals surface area (Å²) in [5.74, 6) is 0.696. The van der Waals surface area contributed by atoms with Crippen molar-refractivity contribution in [2.75, 3.05) is 57.3 Å². The van der Waals surface area contributed by atoms with Crippen LogP contribution in [0.5, 0.6) is 0 Å². The predicted molar refractivity (Wildman–Crippen MR) is 217 cm³/mol. The zero-order valence-corrected chi connectivity index (χ0v) is 31.5. The third-order valence-electron chi connectivity index (χ3n) is 11.3. The molecule has 1 unspecified atom stereocenters. The van der Waals surface area contributed by atoms with Crippen LogP contribution in [0, 0.1) is 11.2 Å². The van der Waals surface area contributed by atoms with Gasteiger partial charge < -0.3 is 20.5 Å². The third-order valence-corrected chi connectivity index (χ3v) is 11.3. The smallest absolute Gasteiger partial charge is 0.159 e. The van der Waals surface area contributed by atoms with E-state index in [0.717, 1.165) is 111 Å². The molecule has 5 heterocycles. The Bertz CT molecular complexity index is 1970. The van der Waals surface area contributed by atoms with Crippen molar-refractivity contribution in [3.8, 4) is 11.4 Å². The SMILES string of the molecule is C=CCC1(C(=C)NC(=C)C=CCC2=C(C)C(c3ccnc(C4CC4)c3)=NNC2)CCN(CC(=C)N2CCN(c3ccc(-c4ncc(F)cn4)cc3)CC2)C1. The molecule has 10 heteroatoms. The van der Waals surface area contributed by atoms with Crippen LogP contribution in [-0.2, 0) is 0 Å². The maximum Gasteiger partial charge on any atom is 0.159 e. The molecule has 0 bridgehead atoms. The van der Waals surface area contributed by atoms with E-state index >= 15 is 0 Å². The fourth-order valence-electron chi connectivity index (χ4n) is 7.84. The second kappa shape index (κ2) is 16.3. The normalized spacial score (nSPS) is 20.5. The first-order chi connectivity index (χ1) is 26.2. The van der Waals surface area contributed by atoms with Gasteiger partial charge in [0.25, 0.3) is 0 Å². The van der Waals surface area contributed by atoms with Gasteiger partial charge in [-0.25, -0.2) is 14.4 Å². The highest BCUT2D eigenvalue weighted by molar-refractivity contribution is 6.13. The van der Waals surface area contributed by atoms with Crippen LogP contribution in [0.3, 0.4) is 0 Å². The second-order valence-electron chi connectivity index (χ2n) is 15.0. The number of hydrogen-bond acceptors (Lipinski definition) is 9. The monoisotopic (exact) mass is 725 g/mol. The number of pyridine rings is 1. The molecule has 1 aromatic carbocycles. The number of likely N-dealkylation sites (tertiary alicyclic amines) is 1. The van der Waals surface area contributed by atoms with Gasteiger partial charge >= 0.3 is 0 Å². The number of hydrazone groups is 1. The maximum atomic E-state index is 13.2. The first-order valence-electron chi connectivity index (χ1n) is 19.1. The Morgan fingerprint density at radius 1 is 1.00 bits per heavy atom. The van der Waals surface area contributed by atoms with E-state index in [2.05, 4.69) is 115 Å². The Labute approximate surface area is 319 Å². The minimum absolute atomic E-state index is 0.121. The maximum absolute atomic E-state index is 13.2. The van der Waals surface area contributed by atoms with Crippen LogP contribution in [0.25, 0.3) is 11.4 Å². The Balaban J connectivity index is 0.881. The lowest BCUT2D eigenvalue weighted by Crippen LogP contribution is -2.47. The van der Waals surface area contributed by atoms with Gasteiger partial charge in [0.15, 0.2) is 11.6 Å². The van der Waals surface area contributed by atoms with Gasteiger partial charge in [0.05, 0.1) is 24.7 Å². The van der Waals surface area contributed by atoms with Crippen molar-refractivity contribution < 1.29 is 4.39 Å². The van der Waals surface area contributed by atoms with E-state index in [4.69, 9.17) is 0 Å². The highest BCUT2D eigenvalue weighted by Crippen LogP contribution is 2.41. The van der Waals surface area contributed by atoms with Gasteiger partial charge in [-0.1, -0.05) is 31.9 Å². The molecular weight excluding hydrogens is 674 g/mol. The molecule has 280 valence electrons. The van der Waals surface area contributed by atoms with Crippen molar-refractivity contribution >= 4 is 11.4 Å². The number of benzene rings is 1. The van der Waals surface area contributed by atoms with E-state index < -0.39 is 5.82 Å². The molecule has 1 aliphatic carbocycles. The van der Waals surface area contributed by atoms with E-state index in [1.54, 1.807) is 0 Å². The fraction of sp³-hybridized carbons (Fsp3) is 0.364. The molecule has 3 aliphatic heterocycles. The molecule has 3 fully saturated rings. The van der Waals surface area contributed by atoms with Crippen LogP contribution in [0.4, 0.5) is 10.1 Å². The Morgan fingerprint density at radius 2 is 1.76 bits per heavy atom. The van der Waals surface area contributed by atoms with E-state index in [0.29, 0.717) is 11.7 Å². The van der Waals surface area contributed by atoms with Crippen molar-refractivity contribution in [3.05, 3.63) is 145 Å². The highest BCUT2D eigenvalue weighted by atomic mass is 19.1. The molecular formula is C44H52FN9. The van der Waals surface area contributed by atoms with Crippen molar-refractivity contribution in [2.45, 2.75) is 44.9 Å². The minimum Gasteiger partial charge on any atom is -0.371 e. The van der Waals surface area contributed by atoms with Crippen molar-refractivity contribution in [1.29, 1.82) is 0 Å². The first-order valence-corrected chi connectivity index (χ1v) is 19.1. The zero-order valence-electron chi connectivity index (χ0n) is 31.5. The molecule has 2 aromatic heterocycles. The molecule has 0 amide bonds. The van der Waals surface area contributed by atoms with Crippen molar-refractivity contribution in [2.24, 2.45) is 10.5 Å². The van der Waals surface area contributed by atoms with E-state index in [9.17, 15) is 4.39 Å². The Morgan fingerprint density at radius 3 is 2.48 bits per heavy atom. The molecule has 7 rings (SSSR count). The van der Waals surface area contributed by atoms with Crippen molar-refractivity contribution in [1.82, 2.24) is 35.5 Å². The largest absolute Gasteiger partial charge is 0.371 e. The lowest BCUT2D eigenvalue weighted by molar-refractivity contribution is 0.252. The van der Waals surface area contributed by atoms with Crippen LogP contribution >= 0.6 is 0 Å². The summed E-state index contributed by atoms with van der Waals surface area (Å²) in [6.07, 6.45) is 15.7. The third kappa shape index (κ3) is 8.55. The van der Waals surface area contributed by atoms with Crippen LogP contribution in [0.15, 0.2) is 133 Å². The Kier molecular flexibility index (Phi) is 11.2. The van der Waals surface area contributed by atoms with Gasteiger partial charge in [0.1, 0.15) is 0 Å². The number of piperazine rings is 1. The van der Waals surface area contributed by atoms with Crippen LogP contribution < -0.4 is 15.6 Å². The molecule has 1 atom stereocenters. The summed E-state index contributed by atoms with van der Waals surface area (Å²) >= 11 is 0. The van der Waals surface area contributed by atoms with Gasteiger partial charge in [-0.15, -0.1) is 6.58 Å². The van der Waals surface area contributed by atoms with E-state index in [-0.39, 0.29) is 5.41 Å². The number of rotatable bonds is 15. The average Bonchev–Trinajstić information content (AvgIpc) is 3.97. The molecule has 3 aromatic rings. The quantitative estimate of drug-likeness (QED) is 0.124. The summed E-state index contributed by atoms with van der Waals surface area (Å²) in [5, 5.41) is 8.22. The van der Waals surface area contributed by atoms with Gasteiger partial charge in [0.2, 0.25) is 0 Å². The molecule has 0 spiro atoms. The number of aromatic nitrogens is 3. The molecule has 2 N–H and O–H groups in total. The summed E-state index contributed by atoms with van der Waals surface area (Å²) in [4.78, 5) is 20.1. The average molecular weight is 726 g/mol. The topological polar surface area (TPSA) is 84.8 Å². The number of nitrogens with zero attached hydrogens (tertiary/aromatic N) is 7. The summed E-state index contributed by atoms with van der Waals surface area (Å²) in [5.41, 5.74) is 14.0. The summed E-state index contributed by atoms with van der Waals surface area (Å²) in [6, 6.07) is 12.4. The van der Waals surface area contributed by atoms with Crippen LogP contribution in [-0.4, -0.2) is 82.8 Å². The fourth-order valence-corrected chi connectivity index (χ4v) is 7.84. The number of nitrogens with one attached hydrogen (secondary N) is 2. The lowest BCUT2D eigenvalue weighted by Gasteiger charge is -2.39. The van der Waals surface area contributed by atoms with Gasteiger partial charge in [-0.05, 0) is 99.2 Å². The summed E-state index contributed by atoms with van der Waals surface area (Å²) in [6.45, 7) is 26.7. The number of halogens is 1. The zero-order chi connectivity index (χ0) is 37.7. The summed E-state index contributed by atoms with van der Waals surface area (Å²) in [7, 11) is 0. The van der Waals surface area contributed by atoms with Gasteiger partial charge in [-0.3, -0.25) is 9.88 Å². The molecule has 2 saturated heterocycles. The standard InChI is InChI=1S/C44H52FN9/c1-6-17-44(34(5)50-31(2)8-7-9-38-26-49-51-42(33(38)4)37-16-19-46-41(25-37)35-10-11-35)18-20-52(30-44)29-32(3)53-21-23-54(24-22-53)40-14-12-36(13-15-40)43-47-27-39(45)28-48-43/h6-8,12-16,19,25,27-28,35,49-50H,1-3,5,9-11,17-18,20-24,26,29-30H2,4H3. The molecule has 54 heavy (non-hydrogen) atoms. The van der Waals surface area contributed by atoms with Gasteiger partial charge in [-0.2, -0.15) is 5.10 Å². The van der Waals surface area contributed by atoms with E-state index in [1.165, 1.54) is 42.1 Å². The van der Waals surface area contributed by atoms with Crippen LogP contribution in [0.2, 0.25) is 0 Å². The van der Waals surface area contributed by atoms with Crippen LogP contribution in [0.1, 0.15) is 56.2 Å². The van der Waals surface area contributed by atoms with Gasteiger partial charge in [0, 0.05) is 96.4 Å². The molecule has 9 nitrogen and oxygen atoms in total. The second-order valence-corrected chi connectivity index (χ2v) is 15.0. The number of anilines is 1. The predicted octanol–water partition coefficient (Wildman–Crippen LogP) is 7.35. The molecule has 0 radical (unpaired) electrons. The number of allylic oxidation sites excluding steroid dienone is 4. The minimum atomic E-state index is -0.435. The first kappa shape index (κ1) is 37.0. The molecule has 1 saturated carbocycles. The number of hydrogen-bond donors (Lipinski definition) is 2. The van der Waals surface area contributed by atoms with E-state index in [1.807, 2.05) is 24.4 Å². The molecule has 4 aliphatic rings. The lowest BCUT2D eigenvalue weighted by atomic mass is 9.80. The Hall–Kier alpha value is -5.35. The summed E-state index contributed by atoms with van der Waals surface area (Å²) < 4.78 is 13.2. The van der Waals surface area contributed by atoms with Crippen molar-refractivity contribution in [3.63, 3.8) is 0 Å².